The summed E-state index contributed by atoms with van der Waals surface area (Å²) < 4.78 is 19.9. The van der Waals surface area contributed by atoms with Crippen LogP contribution >= 0.6 is 0 Å². The molecule has 63 heavy (non-hydrogen) atoms. The number of unbranched alkanes of at least 4 members (excludes halogenated alkanes) is 1. The molecule has 0 saturated heterocycles. The van der Waals surface area contributed by atoms with Gasteiger partial charge in [-0.05, 0) is 114 Å². The fourth-order valence-electron chi connectivity index (χ4n) is 7.32. The van der Waals surface area contributed by atoms with Crippen LogP contribution in [-0.4, -0.2) is 115 Å². The van der Waals surface area contributed by atoms with Gasteiger partial charge in [-0.15, -0.1) is 0 Å². The van der Waals surface area contributed by atoms with Crippen molar-refractivity contribution in [3.05, 3.63) is 58.9 Å². The van der Waals surface area contributed by atoms with Crippen molar-refractivity contribution < 1.29 is 42.7 Å². The molecule has 0 radical (unpaired) electrons. The van der Waals surface area contributed by atoms with Gasteiger partial charge in [0.2, 0.25) is 35.4 Å². The minimum absolute atomic E-state index is 0.0166. The number of cyclic esters (lactones) is 1. The Kier molecular flexibility index (Phi) is 22.7. The summed E-state index contributed by atoms with van der Waals surface area (Å²) in [6.07, 6.45) is 5.87. The Bertz CT molecular complexity index is 1780. The van der Waals surface area contributed by atoms with Crippen LogP contribution in [0.3, 0.4) is 0 Å². The summed E-state index contributed by atoms with van der Waals surface area (Å²) in [4.78, 5) is 99.8. The molecule has 6 amide bonds. The number of amides is 6. The highest BCUT2D eigenvalue weighted by molar-refractivity contribution is 5.98. The molecule has 2 unspecified atom stereocenters. The summed E-state index contributed by atoms with van der Waals surface area (Å²) in [5.41, 5.74) is 7.50. The molecule has 0 aromatic heterocycles. The van der Waals surface area contributed by atoms with Crippen LogP contribution in [0.1, 0.15) is 113 Å². The number of likely N-dealkylation sites (N-methyl/N-ethyl adjacent to an activating group) is 2. The lowest BCUT2D eigenvalue weighted by Crippen LogP contribution is -2.58. The molecule has 352 valence electrons. The van der Waals surface area contributed by atoms with Gasteiger partial charge < -0.3 is 41.5 Å². The molecule has 16 heteroatoms. The molecule has 0 fully saturated rings. The molecule has 1 aromatic rings. The molecule has 6 N–H and O–H groups in total. The van der Waals surface area contributed by atoms with Crippen LogP contribution in [0.15, 0.2) is 47.6 Å². The van der Waals surface area contributed by atoms with Gasteiger partial charge in [0.15, 0.2) is 0 Å². The van der Waals surface area contributed by atoms with E-state index >= 15 is 0 Å². The van der Waals surface area contributed by atoms with Gasteiger partial charge in [-0.2, -0.15) is 0 Å². The van der Waals surface area contributed by atoms with Crippen LogP contribution < -0.4 is 27.0 Å². The largest absolute Gasteiger partial charge is 0.456 e. The van der Waals surface area contributed by atoms with Gasteiger partial charge in [-0.1, -0.05) is 65.3 Å². The number of allylic oxidation sites excluding steroid dienone is 2. The van der Waals surface area contributed by atoms with Crippen LogP contribution in [0.2, 0.25) is 0 Å². The van der Waals surface area contributed by atoms with Gasteiger partial charge in [0.05, 0.1) is 6.54 Å². The van der Waals surface area contributed by atoms with Crippen molar-refractivity contribution in [2.75, 3.05) is 27.2 Å². The van der Waals surface area contributed by atoms with Gasteiger partial charge in [-0.25, -0.2) is 9.18 Å². The van der Waals surface area contributed by atoms with E-state index in [0.717, 1.165) is 10.5 Å². The summed E-state index contributed by atoms with van der Waals surface area (Å²) in [5.74, 6) is -5.27. The third kappa shape index (κ3) is 17.2. The number of halogens is 1. The summed E-state index contributed by atoms with van der Waals surface area (Å²) in [6, 6.07) is -0.0269. The summed E-state index contributed by atoms with van der Waals surface area (Å²) in [5, 5.41) is 11.2. The first-order valence-corrected chi connectivity index (χ1v) is 22.3. The number of rotatable bonds is 11. The number of nitrogens with two attached hydrogens (primary N) is 1. The van der Waals surface area contributed by atoms with E-state index in [0.29, 0.717) is 49.8 Å². The number of nitrogens with one attached hydrogen (secondary N) is 4. The van der Waals surface area contributed by atoms with E-state index in [-0.39, 0.29) is 37.0 Å². The highest BCUT2D eigenvalue weighted by Gasteiger charge is 2.37. The van der Waals surface area contributed by atoms with Gasteiger partial charge >= 0.3 is 5.97 Å². The van der Waals surface area contributed by atoms with E-state index < -0.39 is 90.1 Å². The standard InChI is InChI=1S/C47H74FN7O8/c1-12-29(5)40-44(59)50-33(9)47(62)63-41(30(6)13-2)31(7)17-16-18-32(8)42(57)52-37(25-28(3)4)43(58)51-36(19-14-15-24-49)45(60)55(11)38(26-34-20-22-35(48)23-21-34)46(61)54(10)27-39(56)53-40/h13,18,20-23,28-29,31,33,36-38,40-41H,12,14-17,19,24-27,49H2,1-11H3,(H,50,59)(H,51,58)(H,52,57)(H,53,56)/b30-13+,32-18+/t29?,31-,33+,36-,37+,38+,40?,41+/m0/s1. The monoisotopic (exact) mass is 884 g/mol. The number of hydrogen-bond donors (Lipinski definition) is 5. The maximum Gasteiger partial charge on any atom is 0.328 e. The quantitative estimate of drug-likeness (QED) is 0.123. The first-order chi connectivity index (χ1) is 29.6. The molecular weight excluding hydrogens is 810 g/mol. The average molecular weight is 884 g/mol. The summed E-state index contributed by atoms with van der Waals surface area (Å²) in [7, 11) is 2.82. The SMILES string of the molecule is C/C=C(\C)[C@H]1OC(=O)[C@@H](C)NC(=O)C(C(C)CC)NC(=O)CN(C)C(=O)[C@@H](Cc2ccc(F)cc2)N(C)C(=O)[C@H](CCCCN)NC(=O)[C@@H](CC(C)C)NC(=O)/C(C)=C/CC[C@@H]1C. The molecule has 15 nitrogen and oxygen atoms in total. The number of carbonyl (C=O) groups is 7. The van der Waals surface area contributed by atoms with Gasteiger partial charge in [0, 0.05) is 26.1 Å². The molecule has 2 rings (SSSR count). The lowest BCUT2D eigenvalue weighted by Gasteiger charge is -2.34. The minimum Gasteiger partial charge on any atom is -0.456 e. The minimum atomic E-state index is -1.22. The molecule has 1 aliphatic rings. The molecule has 0 spiro atoms. The van der Waals surface area contributed by atoms with Gasteiger partial charge in [-0.3, -0.25) is 28.8 Å². The predicted molar refractivity (Wildman–Crippen MR) is 241 cm³/mol. The van der Waals surface area contributed by atoms with Crippen LogP contribution in [-0.2, 0) is 44.7 Å². The van der Waals surface area contributed by atoms with E-state index in [2.05, 4.69) is 21.3 Å². The van der Waals surface area contributed by atoms with Crippen LogP contribution in [0.25, 0.3) is 0 Å². The van der Waals surface area contributed by atoms with Crippen molar-refractivity contribution in [3.63, 3.8) is 0 Å². The molecule has 1 aromatic carbocycles. The topological polar surface area (TPSA) is 209 Å². The highest BCUT2D eigenvalue weighted by Crippen LogP contribution is 2.23. The normalized spacial score (nSPS) is 26.6. The van der Waals surface area contributed by atoms with Crippen LogP contribution in [0.5, 0.6) is 0 Å². The third-order valence-corrected chi connectivity index (χ3v) is 11.7. The van der Waals surface area contributed by atoms with Crippen molar-refractivity contribution in [2.24, 2.45) is 23.5 Å². The Balaban J connectivity index is 2.70. The van der Waals surface area contributed by atoms with E-state index in [1.807, 2.05) is 47.6 Å². The Labute approximate surface area is 373 Å². The van der Waals surface area contributed by atoms with Gasteiger partial charge in [0.1, 0.15) is 42.1 Å². The second-order valence-corrected chi connectivity index (χ2v) is 17.5. The van der Waals surface area contributed by atoms with Crippen LogP contribution in [0, 0.1) is 23.6 Å². The molecule has 0 saturated carbocycles. The highest BCUT2D eigenvalue weighted by atomic mass is 19.1. The number of carbonyl (C=O) groups excluding carboxylic acids is 7. The van der Waals surface area contributed by atoms with Crippen molar-refractivity contribution in [1.29, 1.82) is 0 Å². The number of esters is 1. The number of hydrogen-bond acceptors (Lipinski definition) is 9. The molecule has 8 atom stereocenters. The molecule has 1 heterocycles. The smallest absolute Gasteiger partial charge is 0.328 e. The molecule has 0 aliphatic carbocycles. The number of nitrogens with zero attached hydrogens (tertiary/aromatic N) is 2. The fraction of sp³-hybridized carbons (Fsp3) is 0.638. The number of benzene rings is 1. The lowest BCUT2D eigenvalue weighted by atomic mass is 9.93. The van der Waals surface area contributed by atoms with E-state index in [1.165, 1.54) is 50.2 Å². The Morgan fingerprint density at radius 3 is 2.16 bits per heavy atom. The number of ether oxygens (including phenoxy) is 1. The summed E-state index contributed by atoms with van der Waals surface area (Å²) >= 11 is 0. The Morgan fingerprint density at radius 1 is 0.921 bits per heavy atom. The molecule has 1 aliphatic heterocycles. The maximum atomic E-state index is 14.5. The molecular formula is C47H74FN7O8. The summed E-state index contributed by atoms with van der Waals surface area (Å²) in [6.45, 7) is 16.1. The van der Waals surface area contributed by atoms with E-state index in [9.17, 15) is 38.0 Å². The van der Waals surface area contributed by atoms with Crippen LogP contribution in [0.4, 0.5) is 4.39 Å². The lowest BCUT2D eigenvalue weighted by molar-refractivity contribution is -0.153. The zero-order valence-corrected chi connectivity index (χ0v) is 39.3. The second kappa shape index (κ2) is 26.5. The Hall–Kier alpha value is -5.12. The zero-order valence-electron chi connectivity index (χ0n) is 39.3. The van der Waals surface area contributed by atoms with Crippen molar-refractivity contribution >= 4 is 41.4 Å². The first-order valence-electron chi connectivity index (χ1n) is 22.3. The van der Waals surface area contributed by atoms with Crippen molar-refractivity contribution in [2.45, 2.75) is 150 Å². The molecule has 0 bridgehead atoms. The van der Waals surface area contributed by atoms with Crippen molar-refractivity contribution in [1.82, 2.24) is 31.1 Å². The first kappa shape index (κ1) is 54.0. The average Bonchev–Trinajstić information content (AvgIpc) is 3.24. The van der Waals surface area contributed by atoms with Crippen molar-refractivity contribution in [3.8, 4) is 0 Å². The second-order valence-electron chi connectivity index (χ2n) is 17.5. The zero-order chi connectivity index (χ0) is 47.6. The fourth-order valence-corrected chi connectivity index (χ4v) is 7.32. The Morgan fingerprint density at radius 2 is 1.57 bits per heavy atom. The maximum absolute atomic E-state index is 14.5. The van der Waals surface area contributed by atoms with E-state index in [1.54, 1.807) is 19.9 Å². The van der Waals surface area contributed by atoms with Gasteiger partial charge in [0.25, 0.3) is 0 Å². The van der Waals surface area contributed by atoms with E-state index in [4.69, 9.17) is 10.5 Å². The predicted octanol–water partition coefficient (Wildman–Crippen LogP) is 4.09. The third-order valence-electron chi connectivity index (χ3n) is 11.7.